The number of nitrogens with one attached hydrogen (secondary N) is 1. The van der Waals surface area contributed by atoms with Crippen LogP contribution >= 0.6 is 0 Å². The smallest absolute Gasteiger partial charge is 0.235 e. The summed E-state index contributed by atoms with van der Waals surface area (Å²) in [6, 6.07) is 0. The Hall–Kier alpha value is -0.420. The van der Waals surface area contributed by atoms with Gasteiger partial charge < -0.3 is 10.2 Å². The number of rotatable bonds is 2. The first-order valence-electron chi connectivity index (χ1n) is 3.98. The van der Waals surface area contributed by atoms with Gasteiger partial charge in [-0.3, -0.25) is 9.00 Å². The van der Waals surface area contributed by atoms with Crippen molar-refractivity contribution in [3.8, 4) is 0 Å². The number of hydrogen-bond acceptors (Lipinski definition) is 3. The minimum Gasteiger partial charge on any atom is -0.339 e. The molecule has 12 heavy (non-hydrogen) atoms. The number of nitrogens with zero attached hydrogens (tertiary/aromatic N) is 1. The number of piperazine rings is 1. The van der Waals surface area contributed by atoms with E-state index in [1.54, 1.807) is 11.2 Å². The van der Waals surface area contributed by atoms with Crippen molar-refractivity contribution in [3.63, 3.8) is 0 Å². The van der Waals surface area contributed by atoms with E-state index in [0.29, 0.717) is 0 Å². The van der Waals surface area contributed by atoms with Crippen LogP contribution in [0.2, 0.25) is 0 Å². The predicted molar refractivity (Wildman–Crippen MR) is 48.4 cm³/mol. The molecule has 0 saturated carbocycles. The van der Waals surface area contributed by atoms with Gasteiger partial charge in [0.1, 0.15) is 5.75 Å². The van der Waals surface area contributed by atoms with E-state index in [1.807, 2.05) is 0 Å². The Morgan fingerprint density at radius 1 is 1.50 bits per heavy atom. The minimum absolute atomic E-state index is 0.0114. The van der Waals surface area contributed by atoms with E-state index in [1.165, 1.54) is 0 Å². The molecule has 0 radical (unpaired) electrons. The van der Waals surface area contributed by atoms with Crippen molar-refractivity contribution in [2.24, 2.45) is 0 Å². The molecule has 1 rings (SSSR count). The van der Waals surface area contributed by atoms with Gasteiger partial charge in [-0.05, 0) is 0 Å². The Morgan fingerprint density at radius 2 is 2.08 bits per heavy atom. The SMILES string of the molecule is CS(=O)CC(=O)N1CCNCC1. The van der Waals surface area contributed by atoms with E-state index in [2.05, 4.69) is 5.32 Å². The minimum atomic E-state index is -1.01. The van der Waals surface area contributed by atoms with Crippen molar-refractivity contribution in [2.45, 2.75) is 0 Å². The van der Waals surface area contributed by atoms with E-state index >= 15 is 0 Å². The van der Waals surface area contributed by atoms with Crippen LogP contribution in [0.15, 0.2) is 0 Å². The highest BCUT2D eigenvalue weighted by Gasteiger charge is 2.16. The Bertz CT molecular complexity index is 190. The molecule has 0 aliphatic carbocycles. The lowest BCUT2D eigenvalue weighted by Crippen LogP contribution is -2.47. The van der Waals surface area contributed by atoms with Crippen LogP contribution in [0.25, 0.3) is 0 Å². The fourth-order valence-corrected chi connectivity index (χ4v) is 1.71. The summed E-state index contributed by atoms with van der Waals surface area (Å²) >= 11 is 0. The van der Waals surface area contributed by atoms with Crippen molar-refractivity contribution in [1.29, 1.82) is 0 Å². The topological polar surface area (TPSA) is 49.4 Å². The molecule has 4 nitrogen and oxygen atoms in total. The summed E-state index contributed by atoms with van der Waals surface area (Å²) in [5.41, 5.74) is 0. The molecule has 1 unspecified atom stereocenters. The largest absolute Gasteiger partial charge is 0.339 e. The van der Waals surface area contributed by atoms with Crippen molar-refractivity contribution in [2.75, 3.05) is 38.2 Å². The molecular formula is C7H14N2O2S. The van der Waals surface area contributed by atoms with E-state index < -0.39 is 10.8 Å². The molecule has 1 fully saturated rings. The van der Waals surface area contributed by atoms with E-state index in [0.717, 1.165) is 26.2 Å². The lowest BCUT2D eigenvalue weighted by molar-refractivity contribution is -0.128. The summed E-state index contributed by atoms with van der Waals surface area (Å²) in [6.07, 6.45) is 1.56. The second-order valence-corrected chi connectivity index (χ2v) is 4.28. The van der Waals surface area contributed by atoms with Gasteiger partial charge in [0, 0.05) is 43.2 Å². The Labute approximate surface area is 74.8 Å². The lowest BCUT2D eigenvalue weighted by atomic mass is 10.3. The fourth-order valence-electron chi connectivity index (χ4n) is 1.18. The zero-order valence-corrected chi connectivity index (χ0v) is 8.02. The third kappa shape index (κ3) is 2.91. The maximum absolute atomic E-state index is 11.3. The quantitative estimate of drug-likeness (QED) is 0.595. The number of hydrogen-bond donors (Lipinski definition) is 1. The highest BCUT2D eigenvalue weighted by Crippen LogP contribution is 1.94. The van der Waals surface area contributed by atoms with Crippen LogP contribution in [0, 0.1) is 0 Å². The van der Waals surface area contributed by atoms with Gasteiger partial charge >= 0.3 is 0 Å². The second-order valence-electron chi connectivity index (χ2n) is 2.85. The van der Waals surface area contributed by atoms with Crippen molar-refractivity contribution >= 4 is 16.7 Å². The van der Waals surface area contributed by atoms with Gasteiger partial charge in [0.2, 0.25) is 5.91 Å². The van der Waals surface area contributed by atoms with Crippen LogP contribution in [0.1, 0.15) is 0 Å². The average Bonchev–Trinajstić information content (AvgIpc) is 2.05. The Morgan fingerprint density at radius 3 is 2.58 bits per heavy atom. The van der Waals surface area contributed by atoms with E-state index in [9.17, 15) is 9.00 Å². The Balaban J connectivity index is 2.34. The number of carbonyl (C=O) groups excluding carboxylic acids is 1. The third-order valence-electron chi connectivity index (χ3n) is 1.80. The van der Waals surface area contributed by atoms with Gasteiger partial charge in [-0.25, -0.2) is 0 Å². The van der Waals surface area contributed by atoms with E-state index in [-0.39, 0.29) is 11.7 Å². The third-order valence-corrected chi connectivity index (χ3v) is 2.45. The van der Waals surface area contributed by atoms with Crippen LogP contribution in [0.5, 0.6) is 0 Å². The first-order valence-corrected chi connectivity index (χ1v) is 5.71. The molecule has 0 spiro atoms. The summed E-state index contributed by atoms with van der Waals surface area (Å²) in [5, 5.41) is 3.15. The van der Waals surface area contributed by atoms with Crippen LogP contribution in [0.4, 0.5) is 0 Å². The maximum atomic E-state index is 11.3. The zero-order valence-electron chi connectivity index (χ0n) is 7.21. The molecule has 0 aromatic carbocycles. The zero-order chi connectivity index (χ0) is 8.97. The fraction of sp³-hybridized carbons (Fsp3) is 0.857. The summed E-state index contributed by atoms with van der Waals surface area (Å²) in [4.78, 5) is 13.1. The predicted octanol–water partition coefficient (Wildman–Crippen LogP) is -1.20. The van der Waals surface area contributed by atoms with Crippen LogP contribution in [-0.2, 0) is 15.6 Å². The highest BCUT2D eigenvalue weighted by atomic mass is 32.2. The van der Waals surface area contributed by atoms with Gasteiger partial charge in [-0.2, -0.15) is 0 Å². The summed E-state index contributed by atoms with van der Waals surface area (Å²) in [5.74, 6) is 0.178. The van der Waals surface area contributed by atoms with Crippen LogP contribution < -0.4 is 5.32 Å². The molecule has 1 atom stereocenters. The standard InChI is InChI=1S/C7H14N2O2S/c1-12(11)6-7(10)9-4-2-8-3-5-9/h8H,2-6H2,1H3. The van der Waals surface area contributed by atoms with Crippen LogP contribution in [0.3, 0.4) is 0 Å². The molecular weight excluding hydrogens is 176 g/mol. The molecule has 70 valence electrons. The maximum Gasteiger partial charge on any atom is 0.235 e. The molecule has 1 aliphatic heterocycles. The monoisotopic (exact) mass is 190 g/mol. The molecule has 1 saturated heterocycles. The van der Waals surface area contributed by atoms with Gasteiger partial charge in [-0.1, -0.05) is 0 Å². The molecule has 5 heteroatoms. The first-order chi connectivity index (χ1) is 5.70. The first kappa shape index (κ1) is 9.67. The highest BCUT2D eigenvalue weighted by molar-refractivity contribution is 7.85. The normalized spacial score (nSPS) is 20.6. The number of amides is 1. The van der Waals surface area contributed by atoms with Gasteiger partial charge in [0.05, 0.1) is 0 Å². The molecule has 0 aromatic rings. The lowest BCUT2D eigenvalue weighted by Gasteiger charge is -2.27. The molecule has 1 heterocycles. The summed E-state index contributed by atoms with van der Waals surface area (Å²) in [7, 11) is -1.01. The molecule has 1 amide bonds. The van der Waals surface area contributed by atoms with Crippen molar-refractivity contribution in [1.82, 2.24) is 10.2 Å². The summed E-state index contributed by atoms with van der Waals surface area (Å²) in [6.45, 7) is 3.19. The van der Waals surface area contributed by atoms with E-state index in [4.69, 9.17) is 0 Å². The average molecular weight is 190 g/mol. The van der Waals surface area contributed by atoms with Crippen molar-refractivity contribution < 1.29 is 9.00 Å². The molecule has 0 aromatic heterocycles. The van der Waals surface area contributed by atoms with Gasteiger partial charge in [-0.15, -0.1) is 0 Å². The van der Waals surface area contributed by atoms with Gasteiger partial charge in [0.15, 0.2) is 0 Å². The second kappa shape index (κ2) is 4.57. The van der Waals surface area contributed by atoms with Crippen LogP contribution in [-0.4, -0.2) is 53.2 Å². The van der Waals surface area contributed by atoms with Crippen molar-refractivity contribution in [3.05, 3.63) is 0 Å². The molecule has 1 N–H and O–H groups in total. The van der Waals surface area contributed by atoms with Gasteiger partial charge in [0.25, 0.3) is 0 Å². The Kier molecular flexibility index (Phi) is 3.68. The number of carbonyl (C=O) groups is 1. The summed E-state index contributed by atoms with van der Waals surface area (Å²) < 4.78 is 10.7. The molecule has 1 aliphatic rings. The molecule has 0 bridgehead atoms.